The molecular formula is C22H25N3O3. The maximum absolute atomic E-state index is 12.4. The zero-order valence-corrected chi connectivity index (χ0v) is 16.1. The van der Waals surface area contributed by atoms with E-state index in [4.69, 9.17) is 9.15 Å². The second kappa shape index (κ2) is 8.44. The average molecular weight is 379 g/mol. The predicted molar refractivity (Wildman–Crippen MR) is 107 cm³/mol. The van der Waals surface area contributed by atoms with Gasteiger partial charge in [-0.15, -0.1) is 0 Å². The van der Waals surface area contributed by atoms with E-state index in [9.17, 15) is 4.79 Å². The van der Waals surface area contributed by atoms with Crippen LogP contribution in [0.25, 0.3) is 11.1 Å². The van der Waals surface area contributed by atoms with Crippen molar-refractivity contribution in [3.8, 4) is 5.75 Å². The number of amides is 1. The molecule has 146 valence electrons. The van der Waals surface area contributed by atoms with Crippen LogP contribution in [0.15, 0.2) is 52.9 Å². The highest BCUT2D eigenvalue weighted by molar-refractivity contribution is 5.78. The molecule has 0 aliphatic carbocycles. The number of piperidine rings is 1. The molecule has 3 aromatic rings. The summed E-state index contributed by atoms with van der Waals surface area (Å²) >= 11 is 0. The van der Waals surface area contributed by atoms with Gasteiger partial charge in [0.1, 0.15) is 11.3 Å². The number of hydrogen-bond donors (Lipinski definition) is 1. The third-order valence-electron chi connectivity index (χ3n) is 5.20. The van der Waals surface area contributed by atoms with Crippen molar-refractivity contribution < 1.29 is 13.9 Å². The van der Waals surface area contributed by atoms with E-state index in [0.717, 1.165) is 54.2 Å². The molecule has 0 spiro atoms. The molecule has 1 saturated heterocycles. The average Bonchev–Trinajstić information content (AvgIpc) is 3.17. The van der Waals surface area contributed by atoms with Crippen molar-refractivity contribution >= 4 is 17.0 Å². The van der Waals surface area contributed by atoms with Gasteiger partial charge < -0.3 is 14.5 Å². The number of oxazole rings is 1. The van der Waals surface area contributed by atoms with Crippen molar-refractivity contribution in [3.63, 3.8) is 0 Å². The lowest BCUT2D eigenvalue weighted by molar-refractivity contribution is -0.122. The Hall–Kier alpha value is -2.86. The van der Waals surface area contributed by atoms with E-state index in [2.05, 4.69) is 15.2 Å². The van der Waals surface area contributed by atoms with Crippen molar-refractivity contribution in [1.82, 2.24) is 15.2 Å². The van der Waals surface area contributed by atoms with E-state index < -0.39 is 0 Å². The molecule has 1 amide bonds. The number of hydrogen-bond acceptors (Lipinski definition) is 5. The first kappa shape index (κ1) is 18.5. The van der Waals surface area contributed by atoms with E-state index in [1.165, 1.54) is 0 Å². The quantitative estimate of drug-likeness (QED) is 0.712. The van der Waals surface area contributed by atoms with Gasteiger partial charge in [-0.25, -0.2) is 4.98 Å². The van der Waals surface area contributed by atoms with E-state index in [1.807, 2.05) is 48.5 Å². The molecular weight excluding hydrogens is 354 g/mol. The number of carbonyl (C=O) groups is 1. The van der Waals surface area contributed by atoms with Crippen LogP contribution >= 0.6 is 0 Å². The monoisotopic (exact) mass is 379 g/mol. The number of nitrogens with one attached hydrogen (secondary N) is 1. The van der Waals surface area contributed by atoms with Crippen LogP contribution in [0.1, 0.15) is 30.2 Å². The Morgan fingerprint density at radius 2 is 2.07 bits per heavy atom. The Morgan fingerprint density at radius 1 is 1.25 bits per heavy atom. The third kappa shape index (κ3) is 4.17. The van der Waals surface area contributed by atoms with Gasteiger partial charge in [0, 0.05) is 24.6 Å². The van der Waals surface area contributed by atoms with Crippen LogP contribution < -0.4 is 10.1 Å². The van der Waals surface area contributed by atoms with Crippen LogP contribution in [-0.2, 0) is 11.3 Å². The first-order valence-corrected chi connectivity index (χ1v) is 9.69. The number of nitrogens with zero attached hydrogens (tertiary/aromatic N) is 2. The molecule has 1 fully saturated rings. The summed E-state index contributed by atoms with van der Waals surface area (Å²) in [6.45, 7) is 2.55. The van der Waals surface area contributed by atoms with Gasteiger partial charge in [-0.05, 0) is 37.6 Å². The fourth-order valence-electron chi connectivity index (χ4n) is 3.77. The number of carbonyl (C=O) groups excluding carboxylic acids is 1. The van der Waals surface area contributed by atoms with Gasteiger partial charge in [-0.1, -0.05) is 30.3 Å². The number of methoxy groups -OCH3 is 1. The summed E-state index contributed by atoms with van der Waals surface area (Å²) in [4.78, 5) is 19.3. The minimum Gasteiger partial charge on any atom is -0.496 e. The first-order chi connectivity index (χ1) is 13.7. The standard InChI is InChI=1S/C22H25N3O3/c1-27-19-10-4-2-7-16(19)13-23-21(26)15-25-12-6-8-17(14-25)22-24-18-9-3-5-11-20(18)28-22/h2-5,7,9-11,17H,6,8,12-15H2,1H3,(H,23,26)/t17-/m1/s1. The SMILES string of the molecule is COc1ccccc1CNC(=O)CN1CCC[C@@H](c2nc3ccccc3o2)C1. The minimum atomic E-state index is 0.0177. The van der Waals surface area contributed by atoms with E-state index in [1.54, 1.807) is 7.11 Å². The van der Waals surface area contributed by atoms with Crippen molar-refractivity contribution in [3.05, 3.63) is 60.0 Å². The molecule has 0 unspecified atom stereocenters. The molecule has 0 radical (unpaired) electrons. The molecule has 2 aromatic carbocycles. The lowest BCUT2D eigenvalue weighted by Crippen LogP contribution is -2.41. The summed E-state index contributed by atoms with van der Waals surface area (Å²) in [5.74, 6) is 1.81. The molecule has 2 heterocycles. The Bertz CT molecular complexity index is 920. The van der Waals surface area contributed by atoms with Crippen molar-refractivity contribution in [2.75, 3.05) is 26.7 Å². The summed E-state index contributed by atoms with van der Waals surface area (Å²) in [6, 6.07) is 15.6. The zero-order chi connectivity index (χ0) is 19.3. The highest BCUT2D eigenvalue weighted by Gasteiger charge is 2.26. The molecule has 1 atom stereocenters. The molecule has 1 aromatic heterocycles. The number of rotatable bonds is 6. The molecule has 0 saturated carbocycles. The smallest absolute Gasteiger partial charge is 0.234 e. The highest BCUT2D eigenvalue weighted by atomic mass is 16.5. The molecule has 4 rings (SSSR count). The van der Waals surface area contributed by atoms with Gasteiger partial charge in [0.2, 0.25) is 5.91 Å². The number of para-hydroxylation sites is 3. The van der Waals surface area contributed by atoms with E-state index >= 15 is 0 Å². The van der Waals surface area contributed by atoms with Gasteiger partial charge in [0.05, 0.1) is 13.7 Å². The Balaban J connectivity index is 1.33. The van der Waals surface area contributed by atoms with E-state index in [-0.39, 0.29) is 11.8 Å². The minimum absolute atomic E-state index is 0.0177. The predicted octanol–water partition coefficient (Wildman–Crippen LogP) is 3.33. The summed E-state index contributed by atoms with van der Waals surface area (Å²) in [6.07, 6.45) is 2.06. The van der Waals surface area contributed by atoms with Crippen LogP contribution in [0.2, 0.25) is 0 Å². The van der Waals surface area contributed by atoms with Crippen molar-refractivity contribution in [2.45, 2.75) is 25.3 Å². The molecule has 1 N–H and O–H groups in total. The van der Waals surface area contributed by atoms with Crippen molar-refractivity contribution in [2.24, 2.45) is 0 Å². The number of aromatic nitrogens is 1. The highest BCUT2D eigenvalue weighted by Crippen LogP contribution is 2.28. The maximum Gasteiger partial charge on any atom is 0.234 e. The second-order valence-electron chi connectivity index (χ2n) is 7.18. The van der Waals surface area contributed by atoms with Gasteiger partial charge in [0.15, 0.2) is 11.5 Å². The van der Waals surface area contributed by atoms with Gasteiger partial charge in [-0.2, -0.15) is 0 Å². The Morgan fingerprint density at radius 3 is 2.93 bits per heavy atom. The first-order valence-electron chi connectivity index (χ1n) is 9.69. The third-order valence-corrected chi connectivity index (χ3v) is 5.20. The topological polar surface area (TPSA) is 67.6 Å². The lowest BCUT2D eigenvalue weighted by Gasteiger charge is -2.30. The number of benzene rings is 2. The van der Waals surface area contributed by atoms with Gasteiger partial charge in [-0.3, -0.25) is 9.69 Å². The number of fused-ring (bicyclic) bond motifs is 1. The lowest BCUT2D eigenvalue weighted by atomic mass is 9.98. The molecule has 28 heavy (non-hydrogen) atoms. The zero-order valence-electron chi connectivity index (χ0n) is 16.1. The fraction of sp³-hybridized carbons (Fsp3) is 0.364. The van der Waals surface area contributed by atoms with Crippen LogP contribution in [0, 0.1) is 0 Å². The number of likely N-dealkylation sites (tertiary alicyclic amines) is 1. The molecule has 1 aliphatic rings. The molecule has 6 nitrogen and oxygen atoms in total. The second-order valence-corrected chi connectivity index (χ2v) is 7.18. The summed E-state index contributed by atoms with van der Waals surface area (Å²) in [5, 5.41) is 3.00. The van der Waals surface area contributed by atoms with Crippen LogP contribution in [-0.4, -0.2) is 42.5 Å². The van der Waals surface area contributed by atoms with Gasteiger partial charge >= 0.3 is 0 Å². The largest absolute Gasteiger partial charge is 0.496 e. The molecule has 0 bridgehead atoms. The fourth-order valence-corrected chi connectivity index (χ4v) is 3.77. The maximum atomic E-state index is 12.4. The summed E-state index contributed by atoms with van der Waals surface area (Å²) in [5.41, 5.74) is 2.69. The summed E-state index contributed by atoms with van der Waals surface area (Å²) in [7, 11) is 1.64. The van der Waals surface area contributed by atoms with Gasteiger partial charge in [0.25, 0.3) is 0 Å². The Kier molecular flexibility index (Phi) is 5.58. The molecule has 6 heteroatoms. The van der Waals surface area contributed by atoms with Crippen LogP contribution in [0.5, 0.6) is 5.75 Å². The Labute approximate surface area is 164 Å². The molecule has 1 aliphatic heterocycles. The summed E-state index contributed by atoms with van der Waals surface area (Å²) < 4.78 is 11.3. The van der Waals surface area contributed by atoms with Crippen LogP contribution in [0.3, 0.4) is 0 Å². The van der Waals surface area contributed by atoms with E-state index in [0.29, 0.717) is 13.1 Å². The number of ether oxygens (including phenoxy) is 1. The van der Waals surface area contributed by atoms with Crippen LogP contribution in [0.4, 0.5) is 0 Å². The normalized spacial score (nSPS) is 17.5. The van der Waals surface area contributed by atoms with Crippen molar-refractivity contribution in [1.29, 1.82) is 0 Å².